The fraction of sp³-hybridized carbons (Fsp3) is 0.591. The fourth-order valence-corrected chi connectivity index (χ4v) is 4.56. The van der Waals surface area contributed by atoms with Gasteiger partial charge in [0.1, 0.15) is 5.41 Å². The number of carbonyl (C=O) groups excluding carboxylic acids is 3. The lowest BCUT2D eigenvalue weighted by molar-refractivity contribution is -0.155. The number of hydrogen-bond acceptors (Lipinski definition) is 6. The SMILES string of the molecule is CCOC(=O)CCCC1(C(=O)OCC)CC2c3c(cccc3C1=O)CCN2C. The first-order valence-electron chi connectivity index (χ1n) is 10.1. The van der Waals surface area contributed by atoms with Gasteiger partial charge in [0.05, 0.1) is 13.2 Å². The third-order valence-corrected chi connectivity index (χ3v) is 5.97. The number of nitrogens with zero attached hydrogens (tertiary/aromatic N) is 1. The molecular formula is C22H29NO5. The van der Waals surface area contributed by atoms with Crippen LogP contribution in [0, 0.1) is 5.41 Å². The topological polar surface area (TPSA) is 72.9 Å². The van der Waals surface area contributed by atoms with Gasteiger partial charge in [-0.3, -0.25) is 19.3 Å². The molecule has 0 aromatic heterocycles. The second-order valence-corrected chi connectivity index (χ2v) is 7.62. The van der Waals surface area contributed by atoms with Crippen LogP contribution in [-0.2, 0) is 25.5 Å². The van der Waals surface area contributed by atoms with E-state index in [2.05, 4.69) is 11.0 Å². The molecule has 3 rings (SSSR count). The van der Waals surface area contributed by atoms with Crippen molar-refractivity contribution in [3.8, 4) is 0 Å². The Morgan fingerprint density at radius 3 is 2.68 bits per heavy atom. The second kappa shape index (κ2) is 8.43. The van der Waals surface area contributed by atoms with Gasteiger partial charge in [0.2, 0.25) is 0 Å². The number of ether oxygens (including phenoxy) is 2. The van der Waals surface area contributed by atoms with Gasteiger partial charge < -0.3 is 9.47 Å². The molecule has 0 bridgehead atoms. The lowest BCUT2D eigenvalue weighted by Gasteiger charge is -2.45. The van der Waals surface area contributed by atoms with Crippen molar-refractivity contribution in [2.24, 2.45) is 5.41 Å². The zero-order valence-corrected chi connectivity index (χ0v) is 17.0. The maximum absolute atomic E-state index is 13.6. The molecule has 1 aromatic carbocycles. The molecule has 0 saturated heterocycles. The molecule has 2 aliphatic rings. The summed E-state index contributed by atoms with van der Waals surface area (Å²) in [6.45, 7) is 4.94. The smallest absolute Gasteiger partial charge is 0.320 e. The minimum atomic E-state index is -1.25. The molecule has 0 N–H and O–H groups in total. The van der Waals surface area contributed by atoms with Crippen LogP contribution in [0.2, 0.25) is 0 Å². The van der Waals surface area contributed by atoms with Crippen molar-refractivity contribution in [1.29, 1.82) is 0 Å². The van der Waals surface area contributed by atoms with Gasteiger partial charge in [-0.1, -0.05) is 18.2 Å². The van der Waals surface area contributed by atoms with E-state index in [-0.39, 0.29) is 37.2 Å². The van der Waals surface area contributed by atoms with Crippen LogP contribution in [0.4, 0.5) is 0 Å². The Hall–Kier alpha value is -2.21. The zero-order chi connectivity index (χ0) is 20.3. The van der Waals surface area contributed by atoms with Crippen LogP contribution in [0.5, 0.6) is 0 Å². The Morgan fingerprint density at radius 1 is 1.21 bits per heavy atom. The van der Waals surface area contributed by atoms with Crippen molar-refractivity contribution in [3.05, 3.63) is 34.9 Å². The normalized spacial score (nSPS) is 23.8. The Kier molecular flexibility index (Phi) is 6.18. The van der Waals surface area contributed by atoms with E-state index in [0.717, 1.165) is 18.5 Å². The minimum absolute atomic E-state index is 0.00431. The van der Waals surface area contributed by atoms with E-state index in [1.165, 1.54) is 5.56 Å². The summed E-state index contributed by atoms with van der Waals surface area (Å²) in [6, 6.07) is 5.80. The van der Waals surface area contributed by atoms with Gasteiger partial charge in [0.15, 0.2) is 5.78 Å². The molecule has 1 heterocycles. The van der Waals surface area contributed by atoms with Gasteiger partial charge in [-0.2, -0.15) is 0 Å². The Labute approximate surface area is 166 Å². The first kappa shape index (κ1) is 20.5. The summed E-state index contributed by atoms with van der Waals surface area (Å²) < 4.78 is 10.3. The van der Waals surface area contributed by atoms with Crippen molar-refractivity contribution < 1.29 is 23.9 Å². The van der Waals surface area contributed by atoms with Crippen LogP contribution in [0.1, 0.15) is 67.1 Å². The van der Waals surface area contributed by atoms with E-state index < -0.39 is 11.4 Å². The van der Waals surface area contributed by atoms with E-state index in [1.807, 2.05) is 19.2 Å². The number of hydrogen-bond donors (Lipinski definition) is 0. The first-order chi connectivity index (χ1) is 13.4. The van der Waals surface area contributed by atoms with Crippen LogP contribution < -0.4 is 0 Å². The van der Waals surface area contributed by atoms with Gasteiger partial charge in [0.25, 0.3) is 0 Å². The number of ketones is 1. The van der Waals surface area contributed by atoms with E-state index in [0.29, 0.717) is 25.0 Å². The lowest BCUT2D eigenvalue weighted by atomic mass is 9.64. The standard InChI is InChI=1S/C22H29NO5/c1-4-27-18(24)10-7-12-22(21(26)28-5-2)14-17-19-15(11-13-23(17)3)8-6-9-16(19)20(22)25/h6,8-9,17H,4-5,7,10-14H2,1-3H3. The summed E-state index contributed by atoms with van der Waals surface area (Å²) in [5.41, 5.74) is 1.64. The van der Waals surface area contributed by atoms with Crippen molar-refractivity contribution in [1.82, 2.24) is 4.90 Å². The largest absolute Gasteiger partial charge is 0.466 e. The second-order valence-electron chi connectivity index (χ2n) is 7.62. The number of rotatable bonds is 7. The number of benzene rings is 1. The van der Waals surface area contributed by atoms with Crippen LogP contribution in [-0.4, -0.2) is 49.4 Å². The highest BCUT2D eigenvalue weighted by atomic mass is 16.5. The van der Waals surface area contributed by atoms with Gasteiger partial charge in [-0.05, 0) is 57.7 Å². The number of carbonyl (C=O) groups is 3. The van der Waals surface area contributed by atoms with Gasteiger partial charge in [-0.15, -0.1) is 0 Å². The summed E-state index contributed by atoms with van der Waals surface area (Å²) in [6.07, 6.45) is 2.19. The molecule has 0 spiro atoms. The Balaban J connectivity index is 1.96. The van der Waals surface area contributed by atoms with E-state index in [1.54, 1.807) is 13.8 Å². The molecule has 0 saturated carbocycles. The summed E-state index contributed by atoms with van der Waals surface area (Å²) in [4.78, 5) is 40.6. The van der Waals surface area contributed by atoms with Crippen molar-refractivity contribution in [2.75, 3.05) is 26.8 Å². The maximum Gasteiger partial charge on any atom is 0.320 e. The Bertz CT molecular complexity index is 774. The highest BCUT2D eigenvalue weighted by Gasteiger charge is 2.54. The predicted molar refractivity (Wildman–Crippen MR) is 104 cm³/mol. The summed E-state index contributed by atoms with van der Waals surface area (Å²) in [5, 5.41) is 0. The third kappa shape index (κ3) is 3.58. The average Bonchev–Trinajstić information content (AvgIpc) is 2.68. The Morgan fingerprint density at radius 2 is 1.96 bits per heavy atom. The van der Waals surface area contributed by atoms with E-state index >= 15 is 0 Å². The molecule has 6 nitrogen and oxygen atoms in total. The van der Waals surface area contributed by atoms with Crippen LogP contribution >= 0.6 is 0 Å². The van der Waals surface area contributed by atoms with Crippen LogP contribution in [0.15, 0.2) is 18.2 Å². The summed E-state index contributed by atoms with van der Waals surface area (Å²) in [5.74, 6) is -0.945. The van der Waals surface area contributed by atoms with E-state index in [4.69, 9.17) is 9.47 Å². The highest BCUT2D eigenvalue weighted by Crippen LogP contribution is 2.49. The van der Waals surface area contributed by atoms with Gasteiger partial charge >= 0.3 is 11.9 Å². The molecule has 2 unspecified atom stereocenters. The molecule has 0 fully saturated rings. The van der Waals surface area contributed by atoms with Crippen molar-refractivity contribution >= 4 is 17.7 Å². The minimum Gasteiger partial charge on any atom is -0.466 e. The molecule has 1 aliphatic carbocycles. The fourth-order valence-electron chi connectivity index (χ4n) is 4.56. The molecule has 1 aromatic rings. The molecule has 152 valence electrons. The van der Waals surface area contributed by atoms with Crippen LogP contribution in [0.25, 0.3) is 0 Å². The molecule has 0 amide bonds. The van der Waals surface area contributed by atoms with Gasteiger partial charge in [-0.25, -0.2) is 0 Å². The number of Topliss-reactive ketones (excluding diaryl/α,β-unsaturated/α-hetero) is 1. The molecule has 6 heteroatoms. The average molecular weight is 387 g/mol. The zero-order valence-electron chi connectivity index (χ0n) is 17.0. The maximum atomic E-state index is 13.6. The highest BCUT2D eigenvalue weighted by molar-refractivity contribution is 6.14. The molecular weight excluding hydrogens is 358 g/mol. The van der Waals surface area contributed by atoms with Crippen molar-refractivity contribution in [2.45, 2.75) is 52.0 Å². The molecule has 2 atom stereocenters. The summed E-state index contributed by atoms with van der Waals surface area (Å²) in [7, 11) is 2.04. The van der Waals surface area contributed by atoms with Crippen molar-refractivity contribution in [3.63, 3.8) is 0 Å². The first-order valence-corrected chi connectivity index (χ1v) is 10.1. The summed E-state index contributed by atoms with van der Waals surface area (Å²) >= 11 is 0. The number of esters is 2. The molecule has 28 heavy (non-hydrogen) atoms. The quantitative estimate of drug-likeness (QED) is 0.529. The molecule has 0 radical (unpaired) electrons. The van der Waals surface area contributed by atoms with Crippen LogP contribution in [0.3, 0.4) is 0 Å². The number of likely N-dealkylation sites (N-methyl/N-ethyl adjacent to an activating group) is 1. The predicted octanol–water partition coefficient (Wildman–Crippen LogP) is 3.08. The van der Waals surface area contributed by atoms with Gasteiger partial charge in [0, 0.05) is 24.6 Å². The van der Waals surface area contributed by atoms with E-state index in [9.17, 15) is 14.4 Å². The molecule has 1 aliphatic heterocycles. The monoisotopic (exact) mass is 387 g/mol. The lowest BCUT2D eigenvalue weighted by Crippen LogP contribution is -2.49. The third-order valence-electron chi connectivity index (χ3n) is 5.97.